The Labute approximate surface area is 147 Å². The van der Waals surface area contributed by atoms with Gasteiger partial charge in [-0.25, -0.2) is 0 Å². The summed E-state index contributed by atoms with van der Waals surface area (Å²) in [5, 5.41) is 0. The Morgan fingerprint density at radius 2 is 1.75 bits per heavy atom. The predicted octanol–water partition coefficient (Wildman–Crippen LogP) is 2.45. The molecule has 24 heavy (non-hydrogen) atoms. The molecule has 0 atom stereocenters. The Morgan fingerprint density at radius 1 is 1.12 bits per heavy atom. The first kappa shape index (κ1) is 18.9. The minimum absolute atomic E-state index is 0.121. The molecule has 1 aromatic carbocycles. The normalized spacial score (nSPS) is 17.0. The molecule has 4 nitrogen and oxygen atoms in total. The monoisotopic (exact) mass is 331 g/mol. The summed E-state index contributed by atoms with van der Waals surface area (Å²) in [6.45, 7) is 10.8. The summed E-state index contributed by atoms with van der Waals surface area (Å²) in [7, 11) is 4.12. The van der Waals surface area contributed by atoms with Crippen LogP contribution in [0.1, 0.15) is 32.3 Å². The van der Waals surface area contributed by atoms with Crippen molar-refractivity contribution < 1.29 is 4.79 Å². The van der Waals surface area contributed by atoms with Crippen molar-refractivity contribution in [1.29, 1.82) is 0 Å². The number of rotatable bonds is 7. The molecule has 0 spiro atoms. The minimum atomic E-state index is -0.121. The lowest BCUT2D eigenvalue weighted by atomic mass is 9.81. The van der Waals surface area contributed by atoms with Crippen LogP contribution < -0.4 is 0 Å². The van der Waals surface area contributed by atoms with Crippen LogP contribution in [0.3, 0.4) is 0 Å². The maximum absolute atomic E-state index is 12.6. The van der Waals surface area contributed by atoms with E-state index < -0.39 is 0 Å². The summed E-state index contributed by atoms with van der Waals surface area (Å²) in [5.74, 6) is 0.238. The number of nitrogens with zero attached hydrogens (tertiary/aromatic N) is 3. The summed E-state index contributed by atoms with van der Waals surface area (Å²) < 4.78 is 0. The molecule has 0 bridgehead atoms. The number of hydrogen-bond acceptors (Lipinski definition) is 3. The van der Waals surface area contributed by atoms with Gasteiger partial charge < -0.3 is 14.7 Å². The number of likely N-dealkylation sites (N-methyl/N-ethyl adjacent to an activating group) is 1. The quantitative estimate of drug-likeness (QED) is 0.768. The molecule has 1 saturated heterocycles. The van der Waals surface area contributed by atoms with E-state index in [1.807, 2.05) is 30.1 Å². The second kappa shape index (κ2) is 8.63. The van der Waals surface area contributed by atoms with E-state index in [1.165, 1.54) is 5.56 Å². The Hall–Kier alpha value is -1.39. The average Bonchev–Trinajstić information content (AvgIpc) is 2.57. The molecule has 1 aliphatic rings. The zero-order valence-electron chi connectivity index (χ0n) is 15.8. The third-order valence-electron chi connectivity index (χ3n) is 5.14. The van der Waals surface area contributed by atoms with E-state index in [2.05, 4.69) is 42.8 Å². The maximum atomic E-state index is 12.6. The largest absolute Gasteiger partial charge is 0.346 e. The number of carbonyl (C=O) groups is 1. The molecule has 1 fully saturated rings. The van der Waals surface area contributed by atoms with Crippen LogP contribution in [-0.4, -0.2) is 74.0 Å². The van der Waals surface area contributed by atoms with Crippen LogP contribution in [0.2, 0.25) is 0 Å². The number of benzene rings is 1. The SMILES string of the molecule is CN1CCN(CCCN(C)C(=O)CC(C)(C)c2ccccc2)CC1. The standard InChI is InChI=1S/C20H33N3O/c1-20(2,18-9-6-5-7-10-18)17-19(24)22(4)11-8-12-23-15-13-21(3)14-16-23/h5-7,9-10H,8,11-17H2,1-4H3. The highest BCUT2D eigenvalue weighted by Crippen LogP contribution is 2.27. The van der Waals surface area contributed by atoms with Gasteiger partial charge in [-0.15, -0.1) is 0 Å². The third-order valence-corrected chi connectivity index (χ3v) is 5.14. The number of carbonyl (C=O) groups excluding carboxylic acids is 1. The van der Waals surface area contributed by atoms with Gasteiger partial charge in [0.1, 0.15) is 0 Å². The molecule has 0 aliphatic carbocycles. The van der Waals surface area contributed by atoms with Gasteiger partial charge in [0.15, 0.2) is 0 Å². The highest BCUT2D eigenvalue weighted by Gasteiger charge is 2.25. The first-order valence-electron chi connectivity index (χ1n) is 9.09. The lowest BCUT2D eigenvalue weighted by Crippen LogP contribution is -2.45. The molecule has 0 saturated carbocycles. The fourth-order valence-electron chi connectivity index (χ4n) is 3.23. The van der Waals surface area contributed by atoms with Gasteiger partial charge in [0.05, 0.1) is 0 Å². The Bertz CT molecular complexity index is 507. The van der Waals surface area contributed by atoms with Gasteiger partial charge in [-0.1, -0.05) is 44.2 Å². The molecular formula is C20H33N3O. The molecule has 0 unspecified atom stereocenters. The van der Waals surface area contributed by atoms with E-state index >= 15 is 0 Å². The van der Waals surface area contributed by atoms with Crippen molar-refractivity contribution in [3.05, 3.63) is 35.9 Å². The van der Waals surface area contributed by atoms with Crippen molar-refractivity contribution in [2.24, 2.45) is 0 Å². The average molecular weight is 332 g/mol. The van der Waals surface area contributed by atoms with E-state index in [4.69, 9.17) is 0 Å². The van der Waals surface area contributed by atoms with Crippen LogP contribution in [-0.2, 0) is 10.2 Å². The van der Waals surface area contributed by atoms with Crippen LogP contribution in [0, 0.1) is 0 Å². The van der Waals surface area contributed by atoms with Gasteiger partial charge in [0, 0.05) is 46.2 Å². The lowest BCUT2D eigenvalue weighted by molar-refractivity contribution is -0.131. The van der Waals surface area contributed by atoms with E-state index in [9.17, 15) is 4.79 Å². The molecule has 134 valence electrons. The van der Waals surface area contributed by atoms with E-state index in [-0.39, 0.29) is 11.3 Å². The van der Waals surface area contributed by atoms with E-state index in [0.29, 0.717) is 6.42 Å². The predicted molar refractivity (Wildman–Crippen MR) is 100 cm³/mol. The zero-order chi connectivity index (χ0) is 17.6. The fraction of sp³-hybridized carbons (Fsp3) is 0.650. The fourth-order valence-corrected chi connectivity index (χ4v) is 3.23. The van der Waals surface area contributed by atoms with Crippen molar-refractivity contribution >= 4 is 5.91 Å². The highest BCUT2D eigenvalue weighted by molar-refractivity contribution is 5.77. The molecule has 0 aromatic heterocycles. The Morgan fingerprint density at radius 3 is 2.38 bits per heavy atom. The zero-order valence-corrected chi connectivity index (χ0v) is 15.8. The summed E-state index contributed by atoms with van der Waals surface area (Å²) in [5.41, 5.74) is 1.11. The second-order valence-corrected chi connectivity index (χ2v) is 7.74. The maximum Gasteiger partial charge on any atom is 0.223 e. The summed E-state index contributed by atoms with van der Waals surface area (Å²) in [6, 6.07) is 10.3. The van der Waals surface area contributed by atoms with Crippen molar-refractivity contribution in [1.82, 2.24) is 14.7 Å². The highest BCUT2D eigenvalue weighted by atomic mass is 16.2. The second-order valence-electron chi connectivity index (χ2n) is 7.74. The molecule has 2 rings (SSSR count). The van der Waals surface area contributed by atoms with Crippen LogP contribution >= 0.6 is 0 Å². The van der Waals surface area contributed by atoms with Gasteiger partial charge in [-0.05, 0) is 31.0 Å². The lowest BCUT2D eigenvalue weighted by Gasteiger charge is -2.33. The van der Waals surface area contributed by atoms with Gasteiger partial charge >= 0.3 is 0 Å². The molecule has 1 aromatic rings. The number of piperazine rings is 1. The molecule has 1 aliphatic heterocycles. The van der Waals surface area contributed by atoms with Crippen LogP contribution in [0.25, 0.3) is 0 Å². The van der Waals surface area contributed by atoms with E-state index in [0.717, 1.165) is 45.7 Å². The van der Waals surface area contributed by atoms with Crippen molar-refractivity contribution in [2.75, 3.05) is 53.4 Å². The molecule has 0 N–H and O–H groups in total. The molecule has 0 radical (unpaired) electrons. The van der Waals surface area contributed by atoms with Gasteiger partial charge in [0.2, 0.25) is 5.91 Å². The topological polar surface area (TPSA) is 26.8 Å². The van der Waals surface area contributed by atoms with Crippen LogP contribution in [0.5, 0.6) is 0 Å². The Balaban J connectivity index is 1.74. The van der Waals surface area contributed by atoms with Crippen LogP contribution in [0.15, 0.2) is 30.3 Å². The van der Waals surface area contributed by atoms with Crippen LogP contribution in [0.4, 0.5) is 0 Å². The Kier molecular flexibility index (Phi) is 6.81. The smallest absolute Gasteiger partial charge is 0.223 e. The van der Waals surface area contributed by atoms with Gasteiger partial charge in [0.25, 0.3) is 0 Å². The minimum Gasteiger partial charge on any atom is -0.346 e. The number of hydrogen-bond donors (Lipinski definition) is 0. The molecular weight excluding hydrogens is 298 g/mol. The van der Waals surface area contributed by atoms with Gasteiger partial charge in [-0.2, -0.15) is 0 Å². The summed E-state index contributed by atoms with van der Waals surface area (Å²) >= 11 is 0. The van der Waals surface area contributed by atoms with Crippen molar-refractivity contribution in [3.63, 3.8) is 0 Å². The number of amides is 1. The molecule has 1 heterocycles. The van der Waals surface area contributed by atoms with Crippen molar-refractivity contribution in [3.8, 4) is 0 Å². The molecule has 1 amide bonds. The third kappa shape index (κ3) is 5.60. The summed E-state index contributed by atoms with van der Waals surface area (Å²) in [6.07, 6.45) is 1.61. The first-order chi connectivity index (χ1) is 11.4. The molecule has 4 heteroatoms. The van der Waals surface area contributed by atoms with Crippen molar-refractivity contribution in [2.45, 2.75) is 32.1 Å². The van der Waals surface area contributed by atoms with E-state index in [1.54, 1.807) is 0 Å². The summed E-state index contributed by atoms with van der Waals surface area (Å²) in [4.78, 5) is 19.3. The van der Waals surface area contributed by atoms with Gasteiger partial charge in [-0.3, -0.25) is 4.79 Å². The first-order valence-corrected chi connectivity index (χ1v) is 9.09.